The maximum absolute atomic E-state index is 13.3. The second-order valence-corrected chi connectivity index (χ2v) is 11.7. The van der Waals surface area contributed by atoms with E-state index in [0.29, 0.717) is 25.0 Å². The van der Waals surface area contributed by atoms with Crippen molar-refractivity contribution in [2.75, 3.05) is 36.8 Å². The molecule has 0 aliphatic heterocycles. The first-order valence-electron chi connectivity index (χ1n) is 13.3. The average molecular weight is 565 g/mol. The van der Waals surface area contributed by atoms with Crippen LogP contribution in [-0.2, 0) is 16.2 Å². The van der Waals surface area contributed by atoms with Crippen molar-refractivity contribution >= 4 is 32.7 Å². The molecule has 39 heavy (non-hydrogen) atoms. The van der Waals surface area contributed by atoms with Crippen LogP contribution in [0.2, 0.25) is 0 Å². The van der Waals surface area contributed by atoms with Crippen molar-refractivity contribution in [2.45, 2.75) is 49.6 Å². The summed E-state index contributed by atoms with van der Waals surface area (Å²) in [4.78, 5) is 8.60. The predicted molar refractivity (Wildman–Crippen MR) is 147 cm³/mol. The fourth-order valence-corrected chi connectivity index (χ4v) is 6.22. The summed E-state index contributed by atoms with van der Waals surface area (Å²) < 4.78 is 67.5. The number of hydrogen-bond acceptors (Lipinski definition) is 7. The summed E-state index contributed by atoms with van der Waals surface area (Å²) in [6.07, 6.45) is 0.446. The van der Waals surface area contributed by atoms with Crippen LogP contribution in [0.5, 0.6) is 0 Å². The number of nitrogens with zero attached hydrogens (tertiary/aromatic N) is 2. The molecule has 0 unspecified atom stereocenters. The number of alkyl halides is 3. The molecular weight excluding hydrogens is 529 g/mol. The number of benzene rings is 2. The molecule has 0 radical (unpaired) electrons. The maximum Gasteiger partial charge on any atom is 0.417 e. The van der Waals surface area contributed by atoms with Crippen LogP contribution in [0.25, 0.3) is 10.9 Å². The van der Waals surface area contributed by atoms with Gasteiger partial charge in [-0.05, 0) is 81.2 Å². The van der Waals surface area contributed by atoms with Gasteiger partial charge in [-0.2, -0.15) is 18.2 Å². The summed E-state index contributed by atoms with van der Waals surface area (Å²) in [5.41, 5.74) is 5.28. The van der Waals surface area contributed by atoms with E-state index in [0.717, 1.165) is 73.9 Å². The molecule has 0 spiro atoms. The molecule has 0 amide bonds. The third-order valence-electron chi connectivity index (χ3n) is 7.09. The summed E-state index contributed by atoms with van der Waals surface area (Å²) in [7, 11) is -4.28. The minimum Gasteiger partial charge on any atom is -0.369 e. The molecule has 0 bridgehead atoms. The molecule has 12 heteroatoms. The van der Waals surface area contributed by atoms with E-state index in [-0.39, 0.29) is 12.5 Å². The lowest BCUT2D eigenvalue weighted by Gasteiger charge is -2.29. The molecule has 5 N–H and O–H groups in total. The number of fused-ring (bicyclic) bond motifs is 1. The van der Waals surface area contributed by atoms with Crippen LogP contribution in [0.3, 0.4) is 0 Å². The molecule has 4 rings (SSSR count). The van der Waals surface area contributed by atoms with Crippen LogP contribution in [0, 0.1) is 11.8 Å². The average Bonchev–Trinajstić information content (AvgIpc) is 2.93. The first-order valence-corrected chi connectivity index (χ1v) is 14.8. The lowest BCUT2D eigenvalue weighted by Crippen LogP contribution is -2.33. The highest BCUT2D eigenvalue weighted by molar-refractivity contribution is 7.89. The van der Waals surface area contributed by atoms with Gasteiger partial charge in [0.1, 0.15) is 5.82 Å². The van der Waals surface area contributed by atoms with E-state index in [1.165, 1.54) is 12.1 Å². The van der Waals surface area contributed by atoms with Gasteiger partial charge in [-0.15, -0.1) is 0 Å². The Kier molecular flexibility index (Phi) is 9.62. The minimum atomic E-state index is -4.74. The van der Waals surface area contributed by atoms with Crippen LogP contribution in [0.4, 0.5) is 24.9 Å². The topological polar surface area (TPSA) is 122 Å². The summed E-state index contributed by atoms with van der Waals surface area (Å²) in [6, 6.07) is 12.1. The number of nitrogens with one attached hydrogen (secondary N) is 3. The molecule has 8 nitrogen and oxygen atoms in total. The largest absolute Gasteiger partial charge is 0.417 e. The number of nitrogens with two attached hydrogens (primary N) is 1. The standard InChI is InChI=1S/C27H35F3N6O2S/c28-27(29,30)22-8-2-4-10-24(22)39(37,38)34-18-20-13-11-19(12-14-20)17-33-26-35-23-9-3-1-7-21(23)25(36-26)32-16-6-5-15-31/h1-4,7-10,19-20,34H,5-6,11-18,31H2,(H2,32,33,35,36)/t19-,20-. The molecule has 3 aromatic rings. The molecule has 0 saturated heterocycles. The third-order valence-corrected chi connectivity index (χ3v) is 8.57. The van der Waals surface area contributed by atoms with Gasteiger partial charge in [-0.1, -0.05) is 24.3 Å². The van der Waals surface area contributed by atoms with Crippen LogP contribution >= 0.6 is 0 Å². The number of sulfonamides is 1. The maximum atomic E-state index is 13.3. The van der Waals surface area contributed by atoms with Gasteiger partial charge in [-0.3, -0.25) is 0 Å². The molecule has 1 aliphatic rings. The minimum absolute atomic E-state index is 0.0651. The van der Waals surface area contributed by atoms with Gasteiger partial charge in [0.2, 0.25) is 16.0 Å². The summed E-state index contributed by atoms with van der Waals surface area (Å²) in [5, 5.41) is 7.71. The Morgan fingerprint density at radius 1 is 0.872 bits per heavy atom. The molecular formula is C27H35F3N6O2S. The van der Waals surface area contributed by atoms with E-state index in [9.17, 15) is 21.6 Å². The molecule has 1 fully saturated rings. The van der Waals surface area contributed by atoms with Crippen molar-refractivity contribution in [2.24, 2.45) is 17.6 Å². The molecule has 2 aromatic carbocycles. The van der Waals surface area contributed by atoms with Crippen molar-refractivity contribution in [3.8, 4) is 0 Å². The second kappa shape index (κ2) is 12.9. The van der Waals surface area contributed by atoms with Crippen LogP contribution < -0.4 is 21.1 Å². The zero-order chi connectivity index (χ0) is 27.9. The van der Waals surface area contributed by atoms with Crippen LogP contribution in [0.15, 0.2) is 53.4 Å². The summed E-state index contributed by atoms with van der Waals surface area (Å²) in [6.45, 7) is 2.22. The molecule has 1 aromatic heterocycles. The number of rotatable bonds is 12. The normalized spacial score (nSPS) is 18.3. The number of para-hydroxylation sites is 1. The van der Waals surface area contributed by atoms with E-state index >= 15 is 0 Å². The Balaban J connectivity index is 1.29. The van der Waals surface area contributed by atoms with Gasteiger partial charge in [0.05, 0.1) is 16.0 Å². The number of unbranched alkanes of at least 4 members (excludes halogenated alkanes) is 1. The zero-order valence-corrected chi connectivity index (χ0v) is 22.5. The van der Waals surface area contributed by atoms with Crippen LogP contribution in [0.1, 0.15) is 44.1 Å². The summed E-state index contributed by atoms with van der Waals surface area (Å²) in [5.74, 6) is 1.76. The van der Waals surface area contributed by atoms with Gasteiger partial charge in [0.15, 0.2) is 0 Å². The van der Waals surface area contributed by atoms with Gasteiger partial charge >= 0.3 is 6.18 Å². The Hall–Kier alpha value is -2.96. The number of halogens is 3. The smallest absolute Gasteiger partial charge is 0.369 e. The van der Waals surface area contributed by atoms with Gasteiger partial charge in [-0.25, -0.2) is 18.1 Å². The van der Waals surface area contributed by atoms with Gasteiger partial charge in [0, 0.05) is 25.0 Å². The van der Waals surface area contributed by atoms with Gasteiger partial charge < -0.3 is 16.4 Å². The van der Waals surface area contributed by atoms with Crippen molar-refractivity contribution in [3.05, 3.63) is 54.1 Å². The van der Waals surface area contributed by atoms with Crippen molar-refractivity contribution in [1.29, 1.82) is 0 Å². The van der Waals surface area contributed by atoms with Gasteiger partial charge in [0.25, 0.3) is 0 Å². The molecule has 212 valence electrons. The third kappa shape index (κ3) is 7.80. The Morgan fingerprint density at radius 2 is 1.54 bits per heavy atom. The molecule has 0 atom stereocenters. The monoisotopic (exact) mass is 564 g/mol. The number of aromatic nitrogens is 2. The molecule has 1 aliphatic carbocycles. The SMILES string of the molecule is NCCCCNc1nc(NC[C@H]2CC[C@H](CNS(=O)(=O)c3ccccc3C(F)(F)F)CC2)nc2ccccc12. The quantitative estimate of drug-likeness (QED) is 0.229. The highest BCUT2D eigenvalue weighted by atomic mass is 32.2. The molecule has 1 saturated carbocycles. The van der Waals surface area contributed by atoms with E-state index in [1.807, 2.05) is 24.3 Å². The van der Waals surface area contributed by atoms with Crippen molar-refractivity contribution in [1.82, 2.24) is 14.7 Å². The van der Waals surface area contributed by atoms with Crippen molar-refractivity contribution < 1.29 is 21.6 Å². The molecule has 1 heterocycles. The lowest BCUT2D eigenvalue weighted by molar-refractivity contribution is -0.139. The highest BCUT2D eigenvalue weighted by Crippen LogP contribution is 2.34. The number of hydrogen-bond donors (Lipinski definition) is 4. The Bertz CT molecular complexity index is 1340. The Morgan fingerprint density at radius 3 is 2.26 bits per heavy atom. The fraction of sp³-hybridized carbons (Fsp3) is 0.481. The highest BCUT2D eigenvalue weighted by Gasteiger charge is 2.37. The zero-order valence-electron chi connectivity index (χ0n) is 21.7. The van der Waals surface area contributed by atoms with Crippen LogP contribution in [-0.4, -0.2) is 44.6 Å². The fourth-order valence-electron chi connectivity index (χ4n) is 4.88. The first-order chi connectivity index (χ1) is 18.7. The van der Waals surface area contributed by atoms with E-state index in [2.05, 4.69) is 25.3 Å². The van der Waals surface area contributed by atoms with E-state index < -0.39 is 26.7 Å². The second-order valence-electron chi connectivity index (χ2n) is 9.95. The van der Waals surface area contributed by atoms with E-state index in [1.54, 1.807) is 0 Å². The lowest BCUT2D eigenvalue weighted by atomic mass is 9.82. The number of anilines is 2. The Labute approximate surface area is 227 Å². The predicted octanol–water partition coefficient (Wildman–Crippen LogP) is 5.00. The van der Waals surface area contributed by atoms with Crippen molar-refractivity contribution in [3.63, 3.8) is 0 Å². The summed E-state index contributed by atoms with van der Waals surface area (Å²) >= 11 is 0. The first kappa shape index (κ1) is 29.0. The van der Waals surface area contributed by atoms with E-state index in [4.69, 9.17) is 5.73 Å².